The Bertz CT molecular complexity index is 931. The van der Waals surface area contributed by atoms with Gasteiger partial charge in [-0.3, -0.25) is 9.59 Å². The van der Waals surface area contributed by atoms with Crippen molar-refractivity contribution in [3.63, 3.8) is 0 Å². The Morgan fingerprint density at radius 2 is 1.69 bits per heavy atom. The highest BCUT2D eigenvalue weighted by molar-refractivity contribution is 5.75. The number of hydrogen-bond donors (Lipinski definition) is 1. The van der Waals surface area contributed by atoms with Crippen LogP contribution in [0.25, 0.3) is 11.3 Å². The third-order valence-corrected chi connectivity index (χ3v) is 4.15. The largest absolute Gasteiger partial charge is 0.350 e. The lowest BCUT2D eigenvalue weighted by atomic mass is 10.1. The molecule has 2 aromatic carbocycles. The molecular formula is C21H21N3O2. The van der Waals surface area contributed by atoms with Gasteiger partial charge in [0.2, 0.25) is 5.91 Å². The third kappa shape index (κ3) is 4.45. The molecule has 132 valence electrons. The molecule has 0 atom stereocenters. The minimum absolute atomic E-state index is 0.105. The molecule has 0 saturated heterocycles. The lowest BCUT2D eigenvalue weighted by Crippen LogP contribution is -2.33. The quantitative estimate of drug-likeness (QED) is 0.746. The van der Waals surface area contributed by atoms with E-state index in [-0.39, 0.29) is 18.0 Å². The second-order valence-electron chi connectivity index (χ2n) is 6.03. The highest BCUT2D eigenvalue weighted by atomic mass is 16.2. The Balaban J connectivity index is 1.71. The lowest BCUT2D eigenvalue weighted by molar-refractivity contribution is -0.122. The molecule has 0 spiro atoms. The standard InChI is InChI=1S/C21H21N3O2/c1-2-16-8-10-18(11-9-16)19-12-13-21(26)24(23-19)15-20(25)22-14-17-6-4-3-5-7-17/h3-13H,2,14-15H2,1H3,(H,22,25). The van der Waals surface area contributed by atoms with E-state index >= 15 is 0 Å². The molecule has 0 fully saturated rings. The van der Waals surface area contributed by atoms with Crippen molar-refractivity contribution in [2.24, 2.45) is 0 Å². The van der Waals surface area contributed by atoms with Crippen LogP contribution in [0.15, 0.2) is 71.5 Å². The zero-order chi connectivity index (χ0) is 18.4. The van der Waals surface area contributed by atoms with Gasteiger partial charge in [-0.25, -0.2) is 4.68 Å². The van der Waals surface area contributed by atoms with Crippen LogP contribution in [0.3, 0.4) is 0 Å². The second-order valence-corrected chi connectivity index (χ2v) is 6.03. The van der Waals surface area contributed by atoms with E-state index in [9.17, 15) is 9.59 Å². The maximum atomic E-state index is 12.2. The fourth-order valence-corrected chi connectivity index (χ4v) is 2.62. The number of aromatic nitrogens is 2. The first-order chi connectivity index (χ1) is 12.7. The van der Waals surface area contributed by atoms with Crippen molar-refractivity contribution in [2.45, 2.75) is 26.4 Å². The van der Waals surface area contributed by atoms with Crippen LogP contribution >= 0.6 is 0 Å². The fraction of sp³-hybridized carbons (Fsp3) is 0.190. The van der Waals surface area contributed by atoms with Crippen LogP contribution in [0.5, 0.6) is 0 Å². The molecule has 0 saturated carbocycles. The Kier molecular flexibility index (Phi) is 5.59. The number of hydrogen-bond acceptors (Lipinski definition) is 3. The van der Waals surface area contributed by atoms with E-state index in [0.29, 0.717) is 12.2 Å². The van der Waals surface area contributed by atoms with E-state index in [1.165, 1.54) is 16.3 Å². The molecular weight excluding hydrogens is 326 g/mol. The molecule has 5 nitrogen and oxygen atoms in total. The molecule has 5 heteroatoms. The molecule has 3 aromatic rings. The number of aryl methyl sites for hydroxylation is 1. The molecule has 1 N–H and O–H groups in total. The highest BCUT2D eigenvalue weighted by Crippen LogP contribution is 2.16. The predicted octanol–water partition coefficient (Wildman–Crippen LogP) is 2.79. The number of carbonyl (C=O) groups excluding carboxylic acids is 1. The summed E-state index contributed by atoms with van der Waals surface area (Å²) in [4.78, 5) is 24.2. The van der Waals surface area contributed by atoms with Crippen molar-refractivity contribution in [1.82, 2.24) is 15.1 Å². The van der Waals surface area contributed by atoms with E-state index in [0.717, 1.165) is 17.5 Å². The number of nitrogens with one attached hydrogen (secondary N) is 1. The Morgan fingerprint density at radius 3 is 2.38 bits per heavy atom. The summed E-state index contributed by atoms with van der Waals surface area (Å²) >= 11 is 0. The molecule has 0 unspecified atom stereocenters. The Hall–Kier alpha value is -3.21. The number of carbonyl (C=O) groups is 1. The minimum atomic E-state index is -0.297. The van der Waals surface area contributed by atoms with Gasteiger partial charge in [-0.2, -0.15) is 5.10 Å². The van der Waals surface area contributed by atoms with Gasteiger partial charge in [0.1, 0.15) is 6.54 Å². The third-order valence-electron chi connectivity index (χ3n) is 4.15. The summed E-state index contributed by atoms with van der Waals surface area (Å²) in [5.74, 6) is -0.248. The number of nitrogens with zero attached hydrogens (tertiary/aromatic N) is 2. The maximum Gasteiger partial charge on any atom is 0.267 e. The molecule has 1 aromatic heterocycles. The van der Waals surface area contributed by atoms with Crippen molar-refractivity contribution in [3.05, 3.63) is 88.2 Å². The summed E-state index contributed by atoms with van der Waals surface area (Å²) in [7, 11) is 0. The molecule has 0 aliphatic heterocycles. The molecule has 3 rings (SSSR count). The van der Waals surface area contributed by atoms with Gasteiger partial charge in [-0.15, -0.1) is 0 Å². The van der Waals surface area contributed by atoms with Crippen LogP contribution < -0.4 is 10.9 Å². The highest BCUT2D eigenvalue weighted by Gasteiger charge is 2.08. The summed E-state index contributed by atoms with van der Waals surface area (Å²) in [6, 6.07) is 20.8. The lowest BCUT2D eigenvalue weighted by Gasteiger charge is -2.09. The van der Waals surface area contributed by atoms with Crippen molar-refractivity contribution < 1.29 is 4.79 Å². The molecule has 1 heterocycles. The van der Waals surface area contributed by atoms with Gasteiger partial charge < -0.3 is 5.32 Å². The summed E-state index contributed by atoms with van der Waals surface area (Å²) in [6.45, 7) is 2.42. The van der Waals surface area contributed by atoms with Gasteiger partial charge in [0.15, 0.2) is 0 Å². The van der Waals surface area contributed by atoms with Gasteiger partial charge >= 0.3 is 0 Å². The molecule has 0 radical (unpaired) electrons. The zero-order valence-corrected chi connectivity index (χ0v) is 14.7. The summed E-state index contributed by atoms with van der Waals surface area (Å²) in [6.07, 6.45) is 0.967. The first-order valence-electron chi connectivity index (χ1n) is 8.64. The van der Waals surface area contributed by atoms with Crippen LogP contribution in [0.1, 0.15) is 18.1 Å². The van der Waals surface area contributed by atoms with Crippen molar-refractivity contribution in [1.29, 1.82) is 0 Å². The van der Waals surface area contributed by atoms with Crippen LogP contribution in [0.4, 0.5) is 0 Å². The smallest absolute Gasteiger partial charge is 0.267 e. The second kappa shape index (κ2) is 8.25. The van der Waals surface area contributed by atoms with Crippen molar-refractivity contribution in [2.75, 3.05) is 0 Å². The molecule has 26 heavy (non-hydrogen) atoms. The van der Waals surface area contributed by atoms with E-state index in [4.69, 9.17) is 0 Å². The normalized spacial score (nSPS) is 10.5. The summed E-state index contributed by atoms with van der Waals surface area (Å²) in [5, 5.41) is 7.15. The number of benzene rings is 2. The van der Waals surface area contributed by atoms with Crippen molar-refractivity contribution >= 4 is 5.91 Å². The van der Waals surface area contributed by atoms with Crippen molar-refractivity contribution in [3.8, 4) is 11.3 Å². The molecule has 0 aliphatic carbocycles. The predicted molar refractivity (Wildman–Crippen MR) is 102 cm³/mol. The first-order valence-corrected chi connectivity index (χ1v) is 8.64. The van der Waals surface area contributed by atoms with Gasteiger partial charge in [0, 0.05) is 18.2 Å². The summed E-state index contributed by atoms with van der Waals surface area (Å²) in [5.41, 5.74) is 3.53. The topological polar surface area (TPSA) is 64.0 Å². The van der Waals surface area contributed by atoms with E-state index in [2.05, 4.69) is 17.3 Å². The van der Waals surface area contributed by atoms with E-state index < -0.39 is 0 Å². The molecule has 1 amide bonds. The van der Waals surface area contributed by atoms with Gasteiger partial charge in [-0.05, 0) is 23.6 Å². The average molecular weight is 347 g/mol. The monoisotopic (exact) mass is 347 g/mol. The number of amides is 1. The number of rotatable bonds is 6. The Morgan fingerprint density at radius 1 is 0.962 bits per heavy atom. The zero-order valence-electron chi connectivity index (χ0n) is 14.7. The minimum Gasteiger partial charge on any atom is -0.350 e. The average Bonchev–Trinajstić information content (AvgIpc) is 2.69. The molecule has 0 bridgehead atoms. The van der Waals surface area contributed by atoms with E-state index in [1.54, 1.807) is 6.07 Å². The van der Waals surface area contributed by atoms with Crippen LogP contribution in [0, 0.1) is 0 Å². The van der Waals surface area contributed by atoms with Gasteiger partial charge in [0.25, 0.3) is 5.56 Å². The van der Waals surface area contributed by atoms with Crippen LogP contribution in [0.2, 0.25) is 0 Å². The van der Waals surface area contributed by atoms with E-state index in [1.807, 2.05) is 54.6 Å². The first kappa shape index (κ1) is 17.6. The van der Waals surface area contributed by atoms with Gasteiger partial charge in [0.05, 0.1) is 5.69 Å². The Labute approximate surface area is 152 Å². The SMILES string of the molecule is CCc1ccc(-c2ccc(=O)n(CC(=O)NCc3ccccc3)n2)cc1. The maximum absolute atomic E-state index is 12.2. The van der Waals surface area contributed by atoms with Gasteiger partial charge in [-0.1, -0.05) is 61.5 Å². The van der Waals surface area contributed by atoms with Crippen LogP contribution in [-0.2, 0) is 24.3 Å². The molecule has 0 aliphatic rings. The fourth-order valence-electron chi connectivity index (χ4n) is 2.62. The van der Waals surface area contributed by atoms with Crippen LogP contribution in [-0.4, -0.2) is 15.7 Å². The summed E-state index contributed by atoms with van der Waals surface area (Å²) < 4.78 is 1.20.